The Morgan fingerprint density at radius 1 is 1.33 bits per heavy atom. The van der Waals surface area contributed by atoms with Gasteiger partial charge in [-0.05, 0) is 44.0 Å². The van der Waals surface area contributed by atoms with Gasteiger partial charge in [0.25, 0.3) is 0 Å². The molecule has 1 aliphatic rings. The van der Waals surface area contributed by atoms with E-state index in [0.717, 1.165) is 38.4 Å². The van der Waals surface area contributed by atoms with E-state index in [0.29, 0.717) is 12.6 Å². The first-order valence-corrected chi connectivity index (χ1v) is 7.27. The number of hydrogen-bond acceptors (Lipinski definition) is 2. The topological polar surface area (TPSA) is 15.3 Å². The van der Waals surface area contributed by atoms with Crippen molar-refractivity contribution in [2.45, 2.75) is 38.4 Å². The van der Waals surface area contributed by atoms with E-state index in [-0.39, 0.29) is 11.7 Å². The molecule has 2 rings (SSSR count). The molecule has 1 aromatic carbocycles. The van der Waals surface area contributed by atoms with Gasteiger partial charge in [-0.25, -0.2) is 4.39 Å². The third-order valence-corrected chi connectivity index (χ3v) is 3.77. The average molecular weight is 304 g/mol. The monoisotopic (exact) mass is 304 g/mol. The van der Waals surface area contributed by atoms with E-state index in [1.165, 1.54) is 6.07 Å². The van der Waals surface area contributed by atoms with Crippen LogP contribution in [0.15, 0.2) is 18.2 Å². The summed E-state index contributed by atoms with van der Waals surface area (Å²) in [5.74, 6) is -0.799. The van der Waals surface area contributed by atoms with E-state index in [9.17, 15) is 17.6 Å². The maximum absolute atomic E-state index is 14.0. The summed E-state index contributed by atoms with van der Waals surface area (Å²) in [6.45, 7) is 4.36. The smallest absolute Gasteiger partial charge is 0.365 e. The molecule has 1 N–H and O–H groups in total. The molecule has 0 amide bonds. The fourth-order valence-electron chi connectivity index (χ4n) is 2.73. The highest BCUT2D eigenvalue weighted by Gasteiger charge is 2.33. The van der Waals surface area contributed by atoms with E-state index in [2.05, 4.69) is 12.2 Å². The zero-order chi connectivity index (χ0) is 15.5. The molecule has 21 heavy (non-hydrogen) atoms. The summed E-state index contributed by atoms with van der Waals surface area (Å²) in [4.78, 5) is 1.87. The standard InChI is InChI=1S/C15H20F4N2/c1-2-7-20-10-12-4-3-8-21(12)14-6-5-11(9-13(14)16)15(17,18)19/h5-6,9,12,20H,2-4,7-8,10H2,1H3. The molecule has 0 aromatic heterocycles. The lowest BCUT2D eigenvalue weighted by molar-refractivity contribution is -0.137. The second-order valence-corrected chi connectivity index (χ2v) is 5.36. The molecule has 0 aliphatic carbocycles. The van der Waals surface area contributed by atoms with Crippen LogP contribution in [0.25, 0.3) is 0 Å². The van der Waals surface area contributed by atoms with E-state index < -0.39 is 17.6 Å². The zero-order valence-electron chi connectivity index (χ0n) is 12.0. The summed E-state index contributed by atoms with van der Waals surface area (Å²) in [5, 5.41) is 3.29. The Bertz CT molecular complexity index is 473. The molecule has 1 unspecified atom stereocenters. The molecule has 0 bridgehead atoms. The molecule has 2 nitrogen and oxygen atoms in total. The van der Waals surface area contributed by atoms with E-state index in [1.807, 2.05) is 4.90 Å². The number of halogens is 4. The summed E-state index contributed by atoms with van der Waals surface area (Å²) in [6.07, 6.45) is -1.63. The minimum Gasteiger partial charge on any atom is -0.365 e. The number of benzene rings is 1. The van der Waals surface area contributed by atoms with Gasteiger partial charge in [0.1, 0.15) is 5.82 Å². The highest BCUT2D eigenvalue weighted by atomic mass is 19.4. The van der Waals surface area contributed by atoms with E-state index in [4.69, 9.17) is 0 Å². The van der Waals surface area contributed by atoms with Gasteiger partial charge in [0.15, 0.2) is 0 Å². The SMILES string of the molecule is CCCNCC1CCCN1c1ccc(C(F)(F)F)cc1F. The predicted octanol–water partition coefficient (Wildman–Crippen LogP) is 3.81. The van der Waals surface area contributed by atoms with E-state index >= 15 is 0 Å². The van der Waals surface area contributed by atoms with Crippen LogP contribution in [0.4, 0.5) is 23.2 Å². The highest BCUT2D eigenvalue weighted by molar-refractivity contribution is 5.51. The lowest BCUT2D eigenvalue weighted by Crippen LogP contribution is -2.38. The fraction of sp³-hybridized carbons (Fsp3) is 0.600. The van der Waals surface area contributed by atoms with Gasteiger partial charge in [0.05, 0.1) is 11.3 Å². The first kappa shape index (κ1) is 16.1. The number of alkyl halides is 3. The Balaban J connectivity index is 2.13. The largest absolute Gasteiger partial charge is 0.416 e. The van der Waals surface area contributed by atoms with Gasteiger partial charge in [-0.3, -0.25) is 0 Å². The molecule has 0 spiro atoms. The van der Waals surface area contributed by atoms with Crippen LogP contribution in [0.5, 0.6) is 0 Å². The van der Waals surface area contributed by atoms with Gasteiger partial charge in [-0.2, -0.15) is 13.2 Å². The summed E-state index contributed by atoms with van der Waals surface area (Å²) in [5.41, 5.74) is -0.674. The summed E-state index contributed by atoms with van der Waals surface area (Å²) >= 11 is 0. The summed E-state index contributed by atoms with van der Waals surface area (Å²) in [6, 6.07) is 2.93. The summed E-state index contributed by atoms with van der Waals surface area (Å²) in [7, 11) is 0. The first-order chi connectivity index (χ1) is 9.93. The zero-order valence-corrected chi connectivity index (χ0v) is 12.0. The van der Waals surface area contributed by atoms with E-state index in [1.54, 1.807) is 0 Å². The third-order valence-electron chi connectivity index (χ3n) is 3.77. The second kappa shape index (κ2) is 6.64. The van der Waals surface area contributed by atoms with Gasteiger partial charge in [0.2, 0.25) is 0 Å². The van der Waals surface area contributed by atoms with Crippen LogP contribution in [-0.4, -0.2) is 25.7 Å². The third kappa shape index (κ3) is 3.87. The van der Waals surface area contributed by atoms with Crippen molar-refractivity contribution in [2.75, 3.05) is 24.5 Å². The van der Waals surface area contributed by atoms with Crippen LogP contribution in [0.2, 0.25) is 0 Å². The maximum atomic E-state index is 14.0. The Hall–Kier alpha value is -1.30. The van der Waals surface area contributed by atoms with Gasteiger partial charge in [-0.15, -0.1) is 0 Å². The molecule has 1 fully saturated rings. The van der Waals surface area contributed by atoms with Crippen molar-refractivity contribution >= 4 is 5.69 Å². The van der Waals surface area contributed by atoms with Crippen LogP contribution in [0.1, 0.15) is 31.7 Å². The van der Waals surface area contributed by atoms with Crippen molar-refractivity contribution in [2.24, 2.45) is 0 Å². The van der Waals surface area contributed by atoms with Crippen molar-refractivity contribution < 1.29 is 17.6 Å². The molecule has 118 valence electrons. The number of hydrogen-bond donors (Lipinski definition) is 1. The number of rotatable bonds is 5. The molecule has 1 aromatic rings. The minimum absolute atomic E-state index is 0.141. The van der Waals surface area contributed by atoms with Crippen molar-refractivity contribution in [3.8, 4) is 0 Å². The van der Waals surface area contributed by atoms with Crippen molar-refractivity contribution in [3.05, 3.63) is 29.6 Å². The van der Waals surface area contributed by atoms with Crippen molar-refractivity contribution in [3.63, 3.8) is 0 Å². The number of anilines is 1. The van der Waals surface area contributed by atoms with Crippen molar-refractivity contribution in [1.82, 2.24) is 5.32 Å². The maximum Gasteiger partial charge on any atom is 0.416 e. The fourth-order valence-corrected chi connectivity index (χ4v) is 2.73. The highest BCUT2D eigenvalue weighted by Crippen LogP contribution is 2.34. The van der Waals surface area contributed by atoms with Gasteiger partial charge >= 0.3 is 6.18 Å². The average Bonchev–Trinajstić information content (AvgIpc) is 2.86. The van der Waals surface area contributed by atoms with Crippen molar-refractivity contribution in [1.29, 1.82) is 0 Å². The Morgan fingerprint density at radius 2 is 2.10 bits per heavy atom. The molecular weight excluding hydrogens is 284 g/mol. The summed E-state index contributed by atoms with van der Waals surface area (Å²) < 4.78 is 51.7. The molecule has 1 heterocycles. The normalized spacial score (nSPS) is 19.3. The van der Waals surface area contributed by atoms with Gasteiger partial charge in [0, 0.05) is 19.1 Å². The molecule has 1 saturated heterocycles. The molecule has 1 aliphatic heterocycles. The second-order valence-electron chi connectivity index (χ2n) is 5.36. The minimum atomic E-state index is -4.51. The molecule has 0 saturated carbocycles. The van der Waals surface area contributed by atoms with Gasteiger partial charge in [-0.1, -0.05) is 6.92 Å². The van der Waals surface area contributed by atoms with Crippen LogP contribution in [-0.2, 0) is 6.18 Å². The first-order valence-electron chi connectivity index (χ1n) is 7.27. The Kier molecular flexibility index (Phi) is 5.08. The lowest BCUT2D eigenvalue weighted by Gasteiger charge is -2.27. The van der Waals surface area contributed by atoms with Crippen LogP contribution in [0.3, 0.4) is 0 Å². The molecule has 0 radical (unpaired) electrons. The Labute approximate surface area is 122 Å². The number of nitrogens with one attached hydrogen (secondary N) is 1. The molecular formula is C15H20F4N2. The molecule has 1 atom stereocenters. The quantitative estimate of drug-likeness (QED) is 0.657. The predicted molar refractivity (Wildman–Crippen MR) is 74.9 cm³/mol. The Morgan fingerprint density at radius 3 is 2.71 bits per heavy atom. The van der Waals surface area contributed by atoms with Crippen LogP contribution < -0.4 is 10.2 Å². The van der Waals surface area contributed by atoms with Crippen LogP contribution >= 0.6 is 0 Å². The lowest BCUT2D eigenvalue weighted by atomic mass is 10.1. The number of nitrogens with zero attached hydrogens (tertiary/aromatic N) is 1. The van der Waals surface area contributed by atoms with Gasteiger partial charge < -0.3 is 10.2 Å². The molecule has 6 heteroatoms. The van der Waals surface area contributed by atoms with Crippen LogP contribution in [0, 0.1) is 5.82 Å².